The van der Waals surface area contributed by atoms with Gasteiger partial charge in [0.1, 0.15) is 0 Å². The third kappa shape index (κ3) is 3.92. The molecule has 0 aromatic carbocycles. The molecule has 0 radical (unpaired) electrons. The fraction of sp³-hybridized carbons (Fsp3) is 1.00. The molecular formula is C14H28N2O2S. The van der Waals surface area contributed by atoms with Crippen molar-refractivity contribution in [2.75, 3.05) is 25.1 Å². The van der Waals surface area contributed by atoms with Crippen LogP contribution >= 0.6 is 0 Å². The molecule has 0 bridgehead atoms. The zero-order valence-electron chi connectivity index (χ0n) is 12.6. The van der Waals surface area contributed by atoms with Gasteiger partial charge >= 0.3 is 0 Å². The average Bonchev–Trinajstić information content (AvgIpc) is 2.55. The smallest absolute Gasteiger partial charge is 0.151 e. The van der Waals surface area contributed by atoms with E-state index in [9.17, 15) is 8.42 Å². The molecule has 0 amide bonds. The third-order valence-corrected chi connectivity index (χ3v) is 6.33. The molecule has 5 heteroatoms. The van der Waals surface area contributed by atoms with Crippen LogP contribution in [0.25, 0.3) is 0 Å². The molecule has 3 unspecified atom stereocenters. The second kappa shape index (κ2) is 5.34. The Morgan fingerprint density at radius 1 is 1.21 bits per heavy atom. The Morgan fingerprint density at radius 2 is 1.89 bits per heavy atom. The van der Waals surface area contributed by atoms with E-state index in [1.165, 1.54) is 12.8 Å². The molecule has 1 heterocycles. The minimum atomic E-state index is -2.77. The van der Waals surface area contributed by atoms with Crippen LogP contribution in [-0.2, 0) is 9.84 Å². The van der Waals surface area contributed by atoms with Crippen LogP contribution in [0.4, 0.5) is 0 Å². The van der Waals surface area contributed by atoms with Crippen molar-refractivity contribution in [1.82, 2.24) is 10.2 Å². The van der Waals surface area contributed by atoms with Crippen LogP contribution in [0.2, 0.25) is 0 Å². The number of hydrogen-bond donors (Lipinski definition) is 1. The summed E-state index contributed by atoms with van der Waals surface area (Å²) in [6, 6.07) is 0.806. The zero-order chi connectivity index (χ0) is 14.3. The highest BCUT2D eigenvalue weighted by Gasteiger charge is 2.40. The van der Waals surface area contributed by atoms with Crippen molar-refractivity contribution < 1.29 is 8.42 Å². The molecule has 1 saturated heterocycles. The molecule has 4 nitrogen and oxygen atoms in total. The van der Waals surface area contributed by atoms with Crippen molar-refractivity contribution >= 4 is 9.84 Å². The molecule has 1 aliphatic carbocycles. The first-order valence-corrected chi connectivity index (χ1v) is 9.17. The molecule has 2 rings (SSSR count). The molecule has 1 aliphatic heterocycles. The van der Waals surface area contributed by atoms with E-state index in [-0.39, 0.29) is 11.6 Å². The van der Waals surface area contributed by atoms with Gasteiger partial charge in [-0.25, -0.2) is 8.42 Å². The minimum absolute atomic E-state index is 0.162. The lowest BCUT2D eigenvalue weighted by Gasteiger charge is -2.46. The highest BCUT2D eigenvalue weighted by Crippen LogP contribution is 2.34. The highest BCUT2D eigenvalue weighted by molar-refractivity contribution is 7.91. The second-order valence-electron chi connectivity index (χ2n) is 7.26. The van der Waals surface area contributed by atoms with Crippen molar-refractivity contribution in [3.8, 4) is 0 Å². The van der Waals surface area contributed by atoms with Gasteiger partial charge in [-0.05, 0) is 59.5 Å². The van der Waals surface area contributed by atoms with E-state index >= 15 is 0 Å². The molecule has 2 fully saturated rings. The van der Waals surface area contributed by atoms with Gasteiger partial charge in [0, 0.05) is 17.6 Å². The average molecular weight is 288 g/mol. The first kappa shape index (κ1) is 15.3. The van der Waals surface area contributed by atoms with Crippen molar-refractivity contribution in [3.63, 3.8) is 0 Å². The molecular weight excluding hydrogens is 260 g/mol. The molecule has 19 heavy (non-hydrogen) atoms. The zero-order valence-corrected chi connectivity index (χ0v) is 13.5. The standard InChI is InChI=1S/C14H28N2O2S/c1-14(2,3)15-9-11-5-6-13(11)16(4)12-7-8-19(17,18)10-12/h11-13,15H,5-10H2,1-4H3. The lowest BCUT2D eigenvalue weighted by Crippen LogP contribution is -2.54. The number of hydrogen-bond acceptors (Lipinski definition) is 4. The quantitative estimate of drug-likeness (QED) is 0.846. The summed E-state index contributed by atoms with van der Waals surface area (Å²) in [4.78, 5) is 2.34. The van der Waals surface area contributed by atoms with Crippen molar-refractivity contribution in [1.29, 1.82) is 0 Å². The van der Waals surface area contributed by atoms with E-state index in [4.69, 9.17) is 0 Å². The summed E-state index contributed by atoms with van der Waals surface area (Å²) in [5.74, 6) is 1.41. The maximum absolute atomic E-state index is 11.6. The summed E-state index contributed by atoms with van der Waals surface area (Å²) >= 11 is 0. The molecule has 0 aromatic rings. The maximum Gasteiger partial charge on any atom is 0.151 e. The predicted molar refractivity (Wildman–Crippen MR) is 79.1 cm³/mol. The van der Waals surface area contributed by atoms with Crippen LogP contribution in [0.5, 0.6) is 0 Å². The first-order chi connectivity index (χ1) is 8.68. The van der Waals surface area contributed by atoms with Crippen LogP contribution in [0, 0.1) is 5.92 Å². The molecule has 1 N–H and O–H groups in total. The van der Waals surface area contributed by atoms with E-state index < -0.39 is 9.84 Å². The van der Waals surface area contributed by atoms with E-state index in [1.807, 2.05) is 0 Å². The van der Waals surface area contributed by atoms with Gasteiger partial charge in [0.05, 0.1) is 11.5 Å². The SMILES string of the molecule is CN(C1CCS(=O)(=O)C1)C1CCC1CNC(C)(C)C. The fourth-order valence-electron chi connectivity index (χ4n) is 3.13. The Hall–Kier alpha value is -0.130. The molecule has 112 valence electrons. The van der Waals surface area contributed by atoms with Crippen LogP contribution in [0.3, 0.4) is 0 Å². The van der Waals surface area contributed by atoms with Gasteiger partial charge in [-0.3, -0.25) is 4.90 Å². The van der Waals surface area contributed by atoms with Crippen molar-refractivity contribution in [2.45, 2.75) is 57.7 Å². The topological polar surface area (TPSA) is 49.4 Å². The first-order valence-electron chi connectivity index (χ1n) is 7.35. The summed E-state index contributed by atoms with van der Waals surface area (Å²) < 4.78 is 23.1. The van der Waals surface area contributed by atoms with E-state index in [0.29, 0.717) is 23.5 Å². The molecule has 0 spiro atoms. The van der Waals surface area contributed by atoms with E-state index in [1.54, 1.807) is 0 Å². The summed E-state index contributed by atoms with van der Waals surface area (Å²) in [6.07, 6.45) is 3.29. The molecule has 1 saturated carbocycles. The summed E-state index contributed by atoms with van der Waals surface area (Å²) in [6.45, 7) is 7.60. The Balaban J connectivity index is 1.85. The fourth-order valence-corrected chi connectivity index (χ4v) is 4.92. The van der Waals surface area contributed by atoms with Crippen LogP contribution < -0.4 is 5.32 Å². The van der Waals surface area contributed by atoms with Gasteiger partial charge < -0.3 is 5.32 Å². The number of rotatable bonds is 4. The summed E-state index contributed by atoms with van der Waals surface area (Å²) in [5.41, 5.74) is 0.162. The van der Waals surface area contributed by atoms with Gasteiger partial charge in [0.2, 0.25) is 0 Å². The van der Waals surface area contributed by atoms with Gasteiger partial charge in [0.25, 0.3) is 0 Å². The maximum atomic E-state index is 11.6. The number of nitrogens with one attached hydrogen (secondary N) is 1. The summed E-state index contributed by atoms with van der Waals surface area (Å²) in [7, 11) is -0.658. The Labute approximate surface area is 117 Å². The van der Waals surface area contributed by atoms with Crippen molar-refractivity contribution in [2.24, 2.45) is 5.92 Å². The van der Waals surface area contributed by atoms with E-state index in [2.05, 4.69) is 38.0 Å². The molecule has 2 aliphatic rings. The minimum Gasteiger partial charge on any atom is -0.312 e. The number of sulfone groups is 1. The van der Waals surface area contributed by atoms with E-state index in [0.717, 1.165) is 13.0 Å². The van der Waals surface area contributed by atoms with Crippen LogP contribution in [-0.4, -0.2) is 56.0 Å². The lowest BCUT2D eigenvalue weighted by atomic mass is 9.77. The Kier molecular flexibility index (Phi) is 4.29. The Bertz CT molecular complexity index is 414. The van der Waals surface area contributed by atoms with Gasteiger partial charge in [-0.1, -0.05) is 0 Å². The predicted octanol–water partition coefficient (Wildman–Crippen LogP) is 1.27. The molecule has 3 atom stereocenters. The second-order valence-corrected chi connectivity index (χ2v) is 9.49. The monoisotopic (exact) mass is 288 g/mol. The number of nitrogens with zero attached hydrogens (tertiary/aromatic N) is 1. The summed E-state index contributed by atoms with van der Waals surface area (Å²) in [5, 5.41) is 3.57. The lowest BCUT2D eigenvalue weighted by molar-refractivity contribution is 0.0540. The van der Waals surface area contributed by atoms with Gasteiger partial charge in [0.15, 0.2) is 9.84 Å². The van der Waals surface area contributed by atoms with Gasteiger partial charge in [-0.2, -0.15) is 0 Å². The highest BCUT2D eigenvalue weighted by atomic mass is 32.2. The van der Waals surface area contributed by atoms with Crippen LogP contribution in [0.1, 0.15) is 40.0 Å². The third-order valence-electron chi connectivity index (χ3n) is 4.58. The Morgan fingerprint density at radius 3 is 2.32 bits per heavy atom. The van der Waals surface area contributed by atoms with Crippen LogP contribution in [0.15, 0.2) is 0 Å². The largest absolute Gasteiger partial charge is 0.312 e. The van der Waals surface area contributed by atoms with Gasteiger partial charge in [-0.15, -0.1) is 0 Å². The van der Waals surface area contributed by atoms with Crippen molar-refractivity contribution in [3.05, 3.63) is 0 Å². The normalized spacial score (nSPS) is 34.5. The molecule has 0 aromatic heterocycles.